The van der Waals surface area contributed by atoms with Crippen molar-refractivity contribution < 1.29 is 14.3 Å². The summed E-state index contributed by atoms with van der Waals surface area (Å²) in [5.41, 5.74) is 0. The fourth-order valence-corrected chi connectivity index (χ4v) is 2.18. The SMILES string of the molecule is COC(=O)C1C(=O)C2CC(C2)N1C. The maximum atomic E-state index is 11.6. The molecule has 3 rings (SSSR count). The van der Waals surface area contributed by atoms with Crippen LogP contribution in [0.4, 0.5) is 0 Å². The number of rotatable bonds is 1. The van der Waals surface area contributed by atoms with Crippen molar-refractivity contribution >= 4 is 11.8 Å². The van der Waals surface area contributed by atoms with Crippen LogP contribution in [0, 0.1) is 5.92 Å². The maximum Gasteiger partial charge on any atom is 0.330 e. The minimum absolute atomic E-state index is 0.0388. The first-order valence-electron chi connectivity index (χ1n) is 4.48. The summed E-state index contributed by atoms with van der Waals surface area (Å²) >= 11 is 0. The van der Waals surface area contributed by atoms with Gasteiger partial charge >= 0.3 is 5.97 Å². The topological polar surface area (TPSA) is 46.6 Å². The molecule has 1 unspecified atom stereocenters. The molecule has 72 valence electrons. The Hall–Kier alpha value is -0.900. The maximum absolute atomic E-state index is 11.6. The molecule has 0 radical (unpaired) electrons. The van der Waals surface area contributed by atoms with Crippen molar-refractivity contribution in [3.05, 3.63) is 0 Å². The van der Waals surface area contributed by atoms with Crippen LogP contribution >= 0.6 is 0 Å². The first kappa shape index (κ1) is 8.69. The van der Waals surface area contributed by atoms with Gasteiger partial charge in [0.2, 0.25) is 0 Å². The predicted molar refractivity (Wildman–Crippen MR) is 45.1 cm³/mol. The molecule has 3 fully saturated rings. The smallest absolute Gasteiger partial charge is 0.330 e. The van der Waals surface area contributed by atoms with Crippen LogP contribution in [0.2, 0.25) is 0 Å². The highest BCUT2D eigenvalue weighted by molar-refractivity contribution is 6.05. The van der Waals surface area contributed by atoms with E-state index in [1.165, 1.54) is 7.11 Å². The number of ether oxygens (including phenoxy) is 1. The number of likely N-dealkylation sites (N-methyl/N-ethyl adjacent to an activating group) is 1. The van der Waals surface area contributed by atoms with E-state index < -0.39 is 12.0 Å². The lowest BCUT2D eigenvalue weighted by atomic mass is 9.70. The van der Waals surface area contributed by atoms with Gasteiger partial charge in [-0.1, -0.05) is 0 Å². The Labute approximate surface area is 76.8 Å². The lowest BCUT2D eigenvalue weighted by Crippen LogP contribution is -2.63. The van der Waals surface area contributed by atoms with Crippen LogP contribution in [0.25, 0.3) is 0 Å². The molecule has 1 saturated carbocycles. The zero-order chi connectivity index (χ0) is 9.59. The second-order valence-electron chi connectivity index (χ2n) is 3.82. The molecule has 2 saturated heterocycles. The molecule has 0 aromatic carbocycles. The van der Waals surface area contributed by atoms with Crippen molar-refractivity contribution in [3.63, 3.8) is 0 Å². The van der Waals surface area contributed by atoms with Crippen LogP contribution in [0.5, 0.6) is 0 Å². The highest BCUT2D eigenvalue weighted by Crippen LogP contribution is 2.39. The van der Waals surface area contributed by atoms with Crippen LogP contribution in [-0.2, 0) is 14.3 Å². The van der Waals surface area contributed by atoms with Gasteiger partial charge in [0.1, 0.15) is 0 Å². The van der Waals surface area contributed by atoms with Gasteiger partial charge in [-0.05, 0) is 19.9 Å². The highest BCUT2D eigenvalue weighted by atomic mass is 16.5. The zero-order valence-electron chi connectivity index (χ0n) is 7.82. The van der Waals surface area contributed by atoms with Crippen molar-refractivity contribution in [2.24, 2.45) is 5.92 Å². The van der Waals surface area contributed by atoms with Crippen LogP contribution in [-0.4, -0.2) is 42.9 Å². The molecule has 0 spiro atoms. The largest absolute Gasteiger partial charge is 0.468 e. The summed E-state index contributed by atoms with van der Waals surface area (Å²) < 4.78 is 4.60. The van der Waals surface area contributed by atoms with Crippen LogP contribution in [0.15, 0.2) is 0 Å². The van der Waals surface area contributed by atoms with E-state index in [9.17, 15) is 9.59 Å². The molecule has 0 N–H and O–H groups in total. The van der Waals surface area contributed by atoms with Gasteiger partial charge in [-0.3, -0.25) is 9.69 Å². The van der Waals surface area contributed by atoms with Gasteiger partial charge in [-0.25, -0.2) is 4.79 Å². The van der Waals surface area contributed by atoms with E-state index in [-0.39, 0.29) is 11.7 Å². The summed E-state index contributed by atoms with van der Waals surface area (Å²) in [6.45, 7) is 0. The van der Waals surface area contributed by atoms with E-state index in [4.69, 9.17) is 0 Å². The van der Waals surface area contributed by atoms with Crippen LogP contribution in [0.1, 0.15) is 12.8 Å². The van der Waals surface area contributed by atoms with Crippen molar-refractivity contribution in [3.8, 4) is 0 Å². The van der Waals surface area contributed by atoms with Gasteiger partial charge in [-0.15, -0.1) is 0 Å². The van der Waals surface area contributed by atoms with E-state index in [0.29, 0.717) is 6.04 Å². The Morgan fingerprint density at radius 2 is 2.15 bits per heavy atom. The predicted octanol–water partition coefficient (Wildman–Crippen LogP) is -0.179. The molecule has 2 bridgehead atoms. The molecule has 2 heterocycles. The third-order valence-electron chi connectivity index (χ3n) is 3.19. The number of hydrogen-bond donors (Lipinski definition) is 0. The summed E-state index contributed by atoms with van der Waals surface area (Å²) in [6, 6.07) is -0.228. The molecule has 4 nitrogen and oxygen atoms in total. The van der Waals surface area contributed by atoms with Crippen molar-refractivity contribution in [2.75, 3.05) is 14.2 Å². The highest BCUT2D eigenvalue weighted by Gasteiger charge is 2.51. The van der Waals surface area contributed by atoms with Gasteiger partial charge in [0, 0.05) is 12.0 Å². The Morgan fingerprint density at radius 1 is 1.54 bits per heavy atom. The Bertz CT molecular complexity index is 258. The number of ketones is 1. The quantitative estimate of drug-likeness (QED) is 0.418. The second-order valence-corrected chi connectivity index (χ2v) is 3.82. The summed E-state index contributed by atoms with van der Waals surface area (Å²) in [7, 11) is 3.14. The van der Waals surface area contributed by atoms with Gasteiger partial charge in [0.05, 0.1) is 7.11 Å². The first-order valence-corrected chi connectivity index (χ1v) is 4.48. The number of esters is 1. The van der Waals surface area contributed by atoms with Gasteiger partial charge in [0.15, 0.2) is 11.8 Å². The fourth-order valence-electron chi connectivity index (χ4n) is 2.18. The number of fused-ring (bicyclic) bond motifs is 2. The molecular formula is C9H13NO3. The standard InChI is InChI=1S/C9H13NO3/c1-10-6-3-5(4-6)8(11)7(10)9(12)13-2/h5-7H,3-4H2,1-2H3. The van der Waals surface area contributed by atoms with Crippen LogP contribution in [0.3, 0.4) is 0 Å². The Kier molecular flexibility index (Phi) is 1.87. The average Bonchev–Trinajstić information content (AvgIpc) is 2.00. The van der Waals surface area contributed by atoms with Crippen LogP contribution < -0.4 is 0 Å². The monoisotopic (exact) mass is 183 g/mol. The molecular weight excluding hydrogens is 170 g/mol. The lowest BCUT2D eigenvalue weighted by Gasteiger charge is -2.49. The molecule has 13 heavy (non-hydrogen) atoms. The number of methoxy groups -OCH3 is 1. The number of carbonyl (C=O) groups is 2. The number of nitrogens with zero attached hydrogens (tertiary/aromatic N) is 1. The summed E-state index contributed by atoms with van der Waals surface area (Å²) in [5.74, 6) is -0.260. The van der Waals surface area contributed by atoms with E-state index in [0.717, 1.165) is 12.8 Å². The van der Waals surface area contributed by atoms with E-state index in [1.54, 1.807) is 0 Å². The molecule has 2 aliphatic heterocycles. The second kappa shape index (κ2) is 2.80. The number of hydrogen-bond acceptors (Lipinski definition) is 4. The molecule has 4 heteroatoms. The number of Topliss-reactive ketones (excluding diaryl/α,β-unsaturated/α-hetero) is 1. The lowest BCUT2D eigenvalue weighted by molar-refractivity contribution is -0.162. The molecule has 0 amide bonds. The summed E-state index contributed by atoms with van der Waals surface area (Å²) in [4.78, 5) is 24.7. The van der Waals surface area contributed by atoms with E-state index >= 15 is 0 Å². The normalized spacial score (nSPS) is 38.3. The van der Waals surface area contributed by atoms with Crippen molar-refractivity contribution in [2.45, 2.75) is 24.9 Å². The number of piperidine rings is 2. The third-order valence-corrected chi connectivity index (χ3v) is 3.19. The average molecular weight is 183 g/mol. The van der Waals surface area contributed by atoms with Crippen molar-refractivity contribution in [1.29, 1.82) is 0 Å². The third kappa shape index (κ3) is 1.09. The van der Waals surface area contributed by atoms with Gasteiger partial charge in [-0.2, -0.15) is 0 Å². The summed E-state index contributed by atoms with van der Waals surface area (Å²) in [5, 5.41) is 0. The van der Waals surface area contributed by atoms with E-state index in [1.807, 2.05) is 11.9 Å². The van der Waals surface area contributed by atoms with Gasteiger partial charge in [0.25, 0.3) is 0 Å². The molecule has 3 aliphatic rings. The first-order chi connectivity index (χ1) is 6.15. The fraction of sp³-hybridized carbons (Fsp3) is 0.778. The molecule has 0 aromatic heterocycles. The molecule has 1 aliphatic carbocycles. The Balaban J connectivity index is 2.17. The van der Waals surface area contributed by atoms with E-state index in [2.05, 4.69) is 4.74 Å². The molecule has 0 aromatic rings. The zero-order valence-corrected chi connectivity index (χ0v) is 7.82. The Morgan fingerprint density at radius 3 is 2.62 bits per heavy atom. The van der Waals surface area contributed by atoms with Crippen molar-refractivity contribution in [1.82, 2.24) is 4.90 Å². The number of carbonyl (C=O) groups excluding carboxylic acids is 2. The van der Waals surface area contributed by atoms with Gasteiger partial charge < -0.3 is 4.74 Å². The summed E-state index contributed by atoms with van der Waals surface area (Å²) in [6.07, 6.45) is 1.84. The minimum Gasteiger partial charge on any atom is -0.468 e. The minimum atomic E-state index is -0.637. The molecule has 1 atom stereocenters.